The number of aliphatic imine (C=N–C) groups is 1. The zero-order chi connectivity index (χ0) is 17.4. The van der Waals surface area contributed by atoms with E-state index in [0.29, 0.717) is 25.5 Å². The van der Waals surface area contributed by atoms with Gasteiger partial charge in [0.2, 0.25) is 5.91 Å². The van der Waals surface area contributed by atoms with Gasteiger partial charge in [-0.25, -0.2) is 0 Å². The topological polar surface area (TPSA) is 65.5 Å². The van der Waals surface area contributed by atoms with Crippen molar-refractivity contribution in [2.45, 2.75) is 19.9 Å². The molecule has 0 saturated heterocycles. The van der Waals surface area contributed by atoms with E-state index in [-0.39, 0.29) is 5.91 Å². The van der Waals surface area contributed by atoms with Gasteiger partial charge in [0.05, 0.1) is 0 Å². The fourth-order valence-electron chi connectivity index (χ4n) is 2.04. The molecule has 3 N–H and O–H groups in total. The molecule has 2 aromatic rings. The monoisotopic (exact) mass is 408 g/mol. The number of nitrogens with one attached hydrogen (secondary N) is 3. The Morgan fingerprint density at radius 1 is 1.29 bits per heavy atom. The van der Waals surface area contributed by atoms with Crippen LogP contribution in [0.1, 0.15) is 17.5 Å². The van der Waals surface area contributed by atoms with E-state index in [0.717, 1.165) is 15.7 Å². The number of amides is 1. The van der Waals surface area contributed by atoms with Gasteiger partial charge in [-0.15, -0.1) is 0 Å². The van der Waals surface area contributed by atoms with Crippen molar-refractivity contribution in [3.05, 3.63) is 50.6 Å². The van der Waals surface area contributed by atoms with Gasteiger partial charge in [-0.3, -0.25) is 9.79 Å². The minimum Gasteiger partial charge on any atom is -0.356 e. The summed E-state index contributed by atoms with van der Waals surface area (Å²) in [5, 5.41) is 13.4. The molecule has 0 aliphatic carbocycles. The van der Waals surface area contributed by atoms with Crippen molar-refractivity contribution < 1.29 is 4.79 Å². The largest absolute Gasteiger partial charge is 0.356 e. The number of thiophene rings is 1. The molecule has 2 rings (SSSR count). The molecule has 24 heavy (non-hydrogen) atoms. The number of carbonyl (C=O) groups excluding carboxylic acids is 1. The van der Waals surface area contributed by atoms with E-state index in [4.69, 9.17) is 0 Å². The van der Waals surface area contributed by atoms with Gasteiger partial charge in [-0.1, -0.05) is 22.0 Å². The number of carbonyl (C=O) groups is 1. The van der Waals surface area contributed by atoms with E-state index in [1.807, 2.05) is 30.5 Å². The molecular weight excluding hydrogens is 388 g/mol. The number of nitrogens with zero attached hydrogens (tertiary/aromatic N) is 1. The van der Waals surface area contributed by atoms with Crippen LogP contribution in [0.5, 0.6) is 0 Å². The Kier molecular flexibility index (Phi) is 7.27. The van der Waals surface area contributed by atoms with Gasteiger partial charge in [-0.05, 0) is 47.0 Å². The fourth-order valence-corrected chi connectivity index (χ4v) is 3.07. The molecule has 0 radical (unpaired) electrons. The molecule has 0 fully saturated rings. The van der Waals surface area contributed by atoms with Gasteiger partial charge in [0.25, 0.3) is 0 Å². The molecule has 0 aliphatic heterocycles. The number of anilines is 1. The van der Waals surface area contributed by atoms with Crippen LogP contribution in [0.2, 0.25) is 0 Å². The predicted molar refractivity (Wildman–Crippen MR) is 105 cm³/mol. The number of rotatable bonds is 6. The maximum absolute atomic E-state index is 12.1. The third kappa shape index (κ3) is 5.98. The molecule has 0 bridgehead atoms. The molecule has 1 aromatic carbocycles. The Balaban J connectivity index is 1.73. The molecule has 1 amide bonds. The number of hydrogen-bond donors (Lipinski definition) is 3. The maximum Gasteiger partial charge on any atom is 0.226 e. The lowest BCUT2D eigenvalue weighted by atomic mass is 10.2. The Morgan fingerprint density at radius 2 is 2.12 bits per heavy atom. The van der Waals surface area contributed by atoms with Gasteiger partial charge in [0, 0.05) is 36.7 Å². The van der Waals surface area contributed by atoms with Gasteiger partial charge in [0.15, 0.2) is 5.96 Å². The molecule has 0 spiro atoms. The summed E-state index contributed by atoms with van der Waals surface area (Å²) in [6.45, 7) is 3.20. The van der Waals surface area contributed by atoms with E-state index in [1.165, 1.54) is 5.56 Å². The van der Waals surface area contributed by atoms with E-state index < -0.39 is 0 Å². The van der Waals surface area contributed by atoms with E-state index in [2.05, 4.69) is 48.3 Å². The third-order valence-electron chi connectivity index (χ3n) is 3.38. The fraction of sp³-hybridized carbons (Fsp3) is 0.294. The van der Waals surface area contributed by atoms with Crippen molar-refractivity contribution >= 4 is 44.8 Å². The summed E-state index contributed by atoms with van der Waals surface area (Å²) >= 11 is 5.08. The van der Waals surface area contributed by atoms with Crippen molar-refractivity contribution in [2.75, 3.05) is 18.9 Å². The minimum absolute atomic E-state index is 0.0306. The average molecular weight is 409 g/mol. The highest BCUT2D eigenvalue weighted by Crippen LogP contribution is 2.20. The van der Waals surface area contributed by atoms with Crippen LogP contribution in [0.25, 0.3) is 0 Å². The molecule has 1 heterocycles. The molecule has 7 heteroatoms. The smallest absolute Gasteiger partial charge is 0.226 e. The van der Waals surface area contributed by atoms with Crippen molar-refractivity contribution in [1.82, 2.24) is 10.6 Å². The van der Waals surface area contributed by atoms with E-state index >= 15 is 0 Å². The number of guanidine groups is 1. The van der Waals surface area contributed by atoms with Crippen LogP contribution in [0.15, 0.2) is 44.5 Å². The van der Waals surface area contributed by atoms with Crippen LogP contribution in [0.3, 0.4) is 0 Å². The molecule has 128 valence electrons. The van der Waals surface area contributed by atoms with Crippen LogP contribution in [-0.4, -0.2) is 25.5 Å². The molecule has 5 nitrogen and oxygen atoms in total. The second-order valence-electron chi connectivity index (χ2n) is 5.24. The van der Waals surface area contributed by atoms with Gasteiger partial charge in [0.1, 0.15) is 0 Å². The van der Waals surface area contributed by atoms with E-state index in [9.17, 15) is 4.79 Å². The first-order chi connectivity index (χ1) is 11.6. The van der Waals surface area contributed by atoms with Crippen molar-refractivity contribution in [3.8, 4) is 0 Å². The van der Waals surface area contributed by atoms with Crippen molar-refractivity contribution in [1.29, 1.82) is 0 Å². The maximum atomic E-state index is 12.1. The Hall–Kier alpha value is -1.86. The van der Waals surface area contributed by atoms with Crippen molar-refractivity contribution in [2.24, 2.45) is 4.99 Å². The number of halogens is 1. The van der Waals surface area contributed by atoms with Crippen molar-refractivity contribution in [3.63, 3.8) is 0 Å². The summed E-state index contributed by atoms with van der Waals surface area (Å²) < 4.78 is 0.944. The SMILES string of the molecule is CN=C(NCCC(=O)Nc1cc(Br)ccc1C)NCc1ccsc1. The van der Waals surface area contributed by atoms with Gasteiger partial charge in [-0.2, -0.15) is 11.3 Å². The molecule has 0 atom stereocenters. The Bertz CT molecular complexity index is 701. The molecular formula is C17H21BrN4OS. The summed E-state index contributed by atoms with van der Waals surface area (Å²) in [6.07, 6.45) is 0.366. The highest BCUT2D eigenvalue weighted by Gasteiger charge is 2.06. The third-order valence-corrected chi connectivity index (χ3v) is 4.61. The summed E-state index contributed by atoms with van der Waals surface area (Å²) in [7, 11) is 1.72. The number of benzene rings is 1. The highest BCUT2D eigenvalue weighted by atomic mass is 79.9. The number of hydrogen-bond acceptors (Lipinski definition) is 3. The Morgan fingerprint density at radius 3 is 2.83 bits per heavy atom. The minimum atomic E-state index is -0.0306. The molecule has 0 aliphatic rings. The predicted octanol–water partition coefficient (Wildman–Crippen LogP) is 3.51. The normalized spacial score (nSPS) is 11.2. The average Bonchev–Trinajstić information content (AvgIpc) is 3.07. The van der Waals surface area contributed by atoms with Crippen LogP contribution in [-0.2, 0) is 11.3 Å². The van der Waals surface area contributed by atoms with E-state index in [1.54, 1.807) is 18.4 Å². The van der Waals surface area contributed by atoms with Crippen LogP contribution in [0.4, 0.5) is 5.69 Å². The summed E-state index contributed by atoms with van der Waals surface area (Å²) in [5.41, 5.74) is 3.08. The highest BCUT2D eigenvalue weighted by molar-refractivity contribution is 9.10. The lowest BCUT2D eigenvalue weighted by Crippen LogP contribution is -2.38. The second kappa shape index (κ2) is 9.44. The zero-order valence-electron chi connectivity index (χ0n) is 13.7. The molecule has 1 aromatic heterocycles. The molecule has 0 unspecified atom stereocenters. The summed E-state index contributed by atoms with van der Waals surface area (Å²) in [6, 6.07) is 7.89. The lowest BCUT2D eigenvalue weighted by molar-refractivity contribution is -0.116. The standard InChI is InChI=1S/C17H21BrN4OS/c1-12-3-4-14(18)9-15(12)22-16(23)5-7-20-17(19-2)21-10-13-6-8-24-11-13/h3-4,6,8-9,11H,5,7,10H2,1-2H3,(H,22,23)(H2,19,20,21). The first-order valence-corrected chi connectivity index (χ1v) is 9.33. The van der Waals surface area contributed by atoms with Crippen LogP contribution >= 0.6 is 27.3 Å². The van der Waals surface area contributed by atoms with Crippen LogP contribution < -0.4 is 16.0 Å². The Labute approximate surface area is 154 Å². The zero-order valence-corrected chi connectivity index (χ0v) is 16.1. The summed E-state index contributed by atoms with van der Waals surface area (Å²) in [4.78, 5) is 16.2. The second-order valence-corrected chi connectivity index (χ2v) is 6.94. The number of aryl methyl sites for hydroxylation is 1. The lowest BCUT2D eigenvalue weighted by Gasteiger charge is -2.12. The molecule has 0 saturated carbocycles. The van der Waals surface area contributed by atoms with Gasteiger partial charge < -0.3 is 16.0 Å². The van der Waals surface area contributed by atoms with Gasteiger partial charge >= 0.3 is 0 Å². The first-order valence-electron chi connectivity index (χ1n) is 7.60. The quantitative estimate of drug-likeness (QED) is 0.505. The first kappa shape index (κ1) is 18.5. The summed E-state index contributed by atoms with van der Waals surface area (Å²) in [5.74, 6) is 0.657. The van der Waals surface area contributed by atoms with Crippen LogP contribution in [0, 0.1) is 6.92 Å².